The van der Waals surface area contributed by atoms with E-state index in [9.17, 15) is 22.8 Å². The predicted molar refractivity (Wildman–Crippen MR) is 141 cm³/mol. The zero-order valence-electron chi connectivity index (χ0n) is 21.0. The molecule has 3 aromatic rings. The van der Waals surface area contributed by atoms with E-state index in [0.29, 0.717) is 6.42 Å². The van der Waals surface area contributed by atoms with Crippen LogP contribution < -0.4 is 10.9 Å². The Morgan fingerprint density at radius 1 is 1.19 bits per heavy atom. The molecule has 4 rings (SSSR count). The Bertz CT molecular complexity index is 1450. The molecule has 3 heterocycles. The summed E-state index contributed by atoms with van der Waals surface area (Å²) in [5, 5.41) is 3.54. The van der Waals surface area contributed by atoms with Crippen molar-refractivity contribution in [3.63, 3.8) is 0 Å². The van der Waals surface area contributed by atoms with Crippen molar-refractivity contribution in [1.29, 1.82) is 0 Å². The van der Waals surface area contributed by atoms with E-state index in [1.165, 1.54) is 41.7 Å². The Kier molecular flexibility index (Phi) is 8.08. The summed E-state index contributed by atoms with van der Waals surface area (Å²) in [4.78, 5) is 47.2. The van der Waals surface area contributed by atoms with E-state index in [1.807, 2.05) is 0 Å². The van der Waals surface area contributed by atoms with Crippen LogP contribution in [0.1, 0.15) is 68.8 Å². The van der Waals surface area contributed by atoms with Crippen molar-refractivity contribution in [2.24, 2.45) is 5.92 Å². The number of anilines is 1. The number of hydrogen-bond donors (Lipinski definition) is 1. The Hall–Kier alpha value is -3.12. The third-order valence-electron chi connectivity index (χ3n) is 6.76. The second kappa shape index (κ2) is 11.1. The minimum absolute atomic E-state index is 0.0370. The predicted octanol–water partition coefficient (Wildman–Crippen LogP) is 3.97. The highest BCUT2D eigenvalue weighted by atomic mass is 32.2. The van der Waals surface area contributed by atoms with Crippen LogP contribution in [0.5, 0.6) is 0 Å². The first-order chi connectivity index (χ1) is 17.6. The number of sulfone groups is 1. The summed E-state index contributed by atoms with van der Waals surface area (Å²) in [7, 11) is -2.35. The number of carbonyl (C=O) groups excluding carboxylic acids is 2. The first-order valence-electron chi connectivity index (χ1n) is 12.2. The van der Waals surface area contributed by atoms with Crippen molar-refractivity contribution < 1.29 is 22.7 Å². The normalized spacial score (nSPS) is 15.6. The summed E-state index contributed by atoms with van der Waals surface area (Å²) >= 11 is 1.02. The van der Waals surface area contributed by atoms with Crippen LogP contribution in [-0.4, -0.2) is 47.2 Å². The fourth-order valence-electron chi connectivity index (χ4n) is 4.58. The summed E-state index contributed by atoms with van der Waals surface area (Å²) in [5.74, 6) is -0.475. The van der Waals surface area contributed by atoms with Crippen molar-refractivity contribution in [3.05, 3.63) is 46.0 Å². The number of amides is 1. The van der Waals surface area contributed by atoms with Crippen molar-refractivity contribution in [2.75, 3.05) is 12.4 Å². The Morgan fingerprint density at radius 2 is 1.92 bits per heavy atom. The van der Waals surface area contributed by atoms with Gasteiger partial charge in [-0.2, -0.15) is 0 Å². The van der Waals surface area contributed by atoms with Gasteiger partial charge in [0.1, 0.15) is 27.0 Å². The lowest BCUT2D eigenvalue weighted by molar-refractivity contribution is -0.120. The fraction of sp³-hybridized carbons (Fsp3) is 0.480. The quantitative estimate of drug-likeness (QED) is 0.419. The number of thiophene rings is 1. The van der Waals surface area contributed by atoms with Crippen molar-refractivity contribution >= 4 is 49.1 Å². The molecule has 198 valence electrons. The number of carbonyl (C=O) groups is 2. The summed E-state index contributed by atoms with van der Waals surface area (Å²) in [6, 6.07) is 2.13. The fourth-order valence-corrected chi connectivity index (χ4v) is 7.07. The largest absolute Gasteiger partial charge is 0.465 e. The first kappa shape index (κ1) is 26.9. The van der Waals surface area contributed by atoms with Crippen molar-refractivity contribution in [1.82, 2.24) is 14.5 Å². The van der Waals surface area contributed by atoms with Crippen LogP contribution in [0.3, 0.4) is 0 Å². The molecular weight excluding hydrogens is 516 g/mol. The molecule has 1 amide bonds. The van der Waals surface area contributed by atoms with Gasteiger partial charge in [-0.1, -0.05) is 32.1 Å². The minimum Gasteiger partial charge on any atom is -0.465 e. The van der Waals surface area contributed by atoms with Crippen LogP contribution in [0.25, 0.3) is 10.2 Å². The maximum Gasteiger partial charge on any atom is 0.339 e. The van der Waals surface area contributed by atoms with E-state index in [1.54, 1.807) is 13.8 Å². The molecule has 0 spiro atoms. The molecule has 0 aliphatic heterocycles. The molecule has 3 aromatic heterocycles. The van der Waals surface area contributed by atoms with Gasteiger partial charge >= 0.3 is 5.97 Å². The SMILES string of the molecule is COC(=O)c1ccc(NC(=O)C(CC2CCCCC2)n2cnc3c(S(=O)(=O)C(C)C)csc3c2=O)nc1. The molecule has 1 aliphatic rings. The third-order valence-corrected chi connectivity index (χ3v) is 10.0. The molecule has 0 aromatic carbocycles. The molecule has 0 saturated heterocycles. The molecular formula is C25H30N4O6S2. The Labute approximate surface area is 219 Å². The molecule has 1 aliphatic carbocycles. The molecule has 1 unspecified atom stereocenters. The standard InChI is InChI=1S/C25H30N4O6S2/c1-15(2)37(33,34)19-13-36-22-21(19)27-14-29(24(22)31)18(11-16-7-5-4-6-8-16)23(30)28-20-10-9-17(12-26-20)25(32)35-3/h9-10,12-16,18H,4-8,11H2,1-3H3,(H,26,28,30). The van der Waals surface area contributed by atoms with E-state index < -0.39 is 38.6 Å². The maximum absolute atomic E-state index is 13.5. The molecule has 1 atom stereocenters. The number of aromatic nitrogens is 3. The van der Waals surface area contributed by atoms with Crippen LogP contribution in [0.4, 0.5) is 5.82 Å². The Balaban J connectivity index is 1.69. The number of hydrogen-bond acceptors (Lipinski definition) is 9. The average Bonchev–Trinajstić information content (AvgIpc) is 3.34. The molecule has 0 bridgehead atoms. The summed E-state index contributed by atoms with van der Waals surface area (Å²) in [6.45, 7) is 3.16. The highest BCUT2D eigenvalue weighted by molar-refractivity contribution is 7.92. The topological polar surface area (TPSA) is 137 Å². The van der Waals surface area contributed by atoms with Gasteiger partial charge in [0.2, 0.25) is 5.91 Å². The maximum atomic E-state index is 13.5. The lowest BCUT2D eigenvalue weighted by Gasteiger charge is -2.27. The van der Waals surface area contributed by atoms with Crippen LogP contribution >= 0.6 is 11.3 Å². The summed E-state index contributed by atoms with van der Waals surface area (Å²) < 4.78 is 31.7. The molecule has 1 saturated carbocycles. The number of pyridine rings is 1. The molecule has 37 heavy (non-hydrogen) atoms. The number of nitrogens with zero attached hydrogens (tertiary/aromatic N) is 3. The van der Waals surface area contributed by atoms with Gasteiger partial charge < -0.3 is 10.1 Å². The smallest absolute Gasteiger partial charge is 0.339 e. The number of esters is 1. The van der Waals surface area contributed by atoms with Gasteiger partial charge in [-0.25, -0.2) is 23.2 Å². The zero-order valence-corrected chi connectivity index (χ0v) is 22.6. The van der Waals surface area contributed by atoms with E-state index >= 15 is 0 Å². The first-order valence-corrected chi connectivity index (χ1v) is 14.6. The monoisotopic (exact) mass is 546 g/mol. The molecule has 1 fully saturated rings. The lowest BCUT2D eigenvalue weighted by atomic mass is 9.84. The second-order valence-corrected chi connectivity index (χ2v) is 12.8. The van der Waals surface area contributed by atoms with Gasteiger partial charge in [-0.05, 0) is 38.3 Å². The third kappa shape index (κ3) is 5.59. The second-order valence-electron chi connectivity index (χ2n) is 9.50. The number of methoxy groups -OCH3 is 1. The van der Waals surface area contributed by atoms with E-state index in [2.05, 4.69) is 20.0 Å². The molecule has 10 nitrogen and oxygen atoms in total. The molecule has 0 radical (unpaired) electrons. The van der Waals surface area contributed by atoms with Gasteiger partial charge in [0.15, 0.2) is 9.84 Å². The molecule has 1 N–H and O–H groups in total. The van der Waals surface area contributed by atoms with Crippen molar-refractivity contribution in [2.45, 2.75) is 68.6 Å². The zero-order chi connectivity index (χ0) is 26.7. The highest BCUT2D eigenvalue weighted by Crippen LogP contribution is 2.32. The van der Waals surface area contributed by atoms with E-state index in [0.717, 1.165) is 43.4 Å². The highest BCUT2D eigenvalue weighted by Gasteiger charge is 2.30. The van der Waals surface area contributed by atoms with Crippen LogP contribution in [0.2, 0.25) is 0 Å². The van der Waals surface area contributed by atoms with Gasteiger partial charge in [0.25, 0.3) is 5.56 Å². The van der Waals surface area contributed by atoms with Gasteiger partial charge in [0.05, 0.1) is 24.3 Å². The van der Waals surface area contributed by atoms with Gasteiger partial charge in [-0.15, -0.1) is 11.3 Å². The van der Waals surface area contributed by atoms with Crippen LogP contribution in [0, 0.1) is 5.92 Å². The summed E-state index contributed by atoms with van der Waals surface area (Å²) in [5.41, 5.74) is -0.0722. The van der Waals surface area contributed by atoms with Gasteiger partial charge in [-0.3, -0.25) is 14.2 Å². The van der Waals surface area contributed by atoms with Crippen LogP contribution in [-0.2, 0) is 19.4 Å². The van der Waals surface area contributed by atoms with E-state index in [-0.39, 0.29) is 32.4 Å². The molecule has 12 heteroatoms. The minimum atomic E-state index is -3.62. The number of ether oxygens (including phenoxy) is 1. The van der Waals surface area contributed by atoms with Gasteiger partial charge in [0, 0.05) is 11.6 Å². The van der Waals surface area contributed by atoms with Crippen LogP contribution in [0.15, 0.2) is 39.7 Å². The average molecular weight is 547 g/mol. The number of rotatable bonds is 8. The summed E-state index contributed by atoms with van der Waals surface area (Å²) in [6.07, 6.45) is 8.26. The lowest BCUT2D eigenvalue weighted by Crippen LogP contribution is -2.35. The number of nitrogens with one attached hydrogen (secondary N) is 1. The number of fused-ring (bicyclic) bond motifs is 1. The van der Waals surface area contributed by atoms with Crippen molar-refractivity contribution in [3.8, 4) is 0 Å². The Morgan fingerprint density at radius 3 is 2.54 bits per heavy atom. The van der Waals surface area contributed by atoms with E-state index in [4.69, 9.17) is 0 Å².